The monoisotopic (exact) mass is 364 g/mol. The molecular weight excluding hydrogens is 316 g/mol. The lowest BCUT2D eigenvalue weighted by atomic mass is 9.75. The molecule has 0 aromatic rings. The van der Waals surface area contributed by atoms with Gasteiger partial charge in [-0.05, 0) is 87.1 Å². The highest BCUT2D eigenvalue weighted by atomic mass is 14.9. The van der Waals surface area contributed by atoms with E-state index < -0.39 is 0 Å². The second-order valence-corrected chi connectivity index (χ2v) is 9.62. The van der Waals surface area contributed by atoms with Crippen LogP contribution >= 0.6 is 0 Å². The van der Waals surface area contributed by atoms with E-state index in [2.05, 4.69) is 33.0 Å². The number of hydrogen-bond donors (Lipinski definition) is 2. The van der Waals surface area contributed by atoms with Crippen molar-refractivity contribution in [1.29, 1.82) is 0 Å². The van der Waals surface area contributed by atoms with E-state index in [0.717, 1.165) is 35.5 Å². The molecule has 154 valence electrons. The zero-order valence-electron chi connectivity index (χ0n) is 18.3. The van der Waals surface area contributed by atoms with Crippen molar-refractivity contribution in [2.45, 2.75) is 104 Å². The van der Waals surface area contributed by atoms with Crippen molar-refractivity contribution in [1.82, 2.24) is 5.32 Å². The highest BCUT2D eigenvalue weighted by molar-refractivity contribution is 4.96. The summed E-state index contributed by atoms with van der Waals surface area (Å²) in [5, 5.41) is 3.73. The third-order valence-corrected chi connectivity index (χ3v) is 8.13. The third kappa shape index (κ3) is 5.96. The molecule has 0 aromatic heterocycles. The van der Waals surface area contributed by atoms with E-state index in [1.165, 1.54) is 83.7 Å². The summed E-state index contributed by atoms with van der Waals surface area (Å²) in [5.74, 6) is 5.12. The summed E-state index contributed by atoms with van der Waals surface area (Å²) in [6.45, 7) is 12.0. The summed E-state index contributed by atoms with van der Waals surface area (Å²) >= 11 is 0. The van der Waals surface area contributed by atoms with Crippen molar-refractivity contribution in [3.05, 3.63) is 0 Å². The van der Waals surface area contributed by atoms with E-state index in [9.17, 15) is 0 Å². The van der Waals surface area contributed by atoms with Gasteiger partial charge in [0.25, 0.3) is 0 Å². The standard InChI is InChI=1S/C24H48N2/c1-5-8-10-18(4)20-11-9-15-26-16-14-21-17-23(19(6-2)7-3)22(13-12-20)24(21)25/h18-24,26H,5-17,25H2,1-4H3. The van der Waals surface area contributed by atoms with Gasteiger partial charge in [0.15, 0.2) is 0 Å². The molecule has 2 nitrogen and oxygen atoms in total. The lowest BCUT2D eigenvalue weighted by Crippen LogP contribution is -2.36. The van der Waals surface area contributed by atoms with Gasteiger partial charge in [0.2, 0.25) is 0 Å². The maximum atomic E-state index is 6.88. The average molecular weight is 365 g/mol. The molecule has 2 rings (SSSR count). The van der Waals surface area contributed by atoms with Crippen LogP contribution in [-0.4, -0.2) is 19.1 Å². The molecule has 0 amide bonds. The van der Waals surface area contributed by atoms with Crippen LogP contribution in [0.4, 0.5) is 0 Å². The second kappa shape index (κ2) is 11.7. The summed E-state index contributed by atoms with van der Waals surface area (Å²) in [6, 6.07) is 0.452. The average Bonchev–Trinajstić information content (AvgIpc) is 2.95. The molecule has 2 heteroatoms. The second-order valence-electron chi connectivity index (χ2n) is 9.62. The van der Waals surface area contributed by atoms with Gasteiger partial charge in [-0.1, -0.05) is 59.8 Å². The quantitative estimate of drug-likeness (QED) is 0.581. The minimum absolute atomic E-state index is 0.452. The summed E-state index contributed by atoms with van der Waals surface area (Å²) in [7, 11) is 0. The van der Waals surface area contributed by atoms with E-state index in [1.54, 1.807) is 0 Å². The Morgan fingerprint density at radius 1 is 1.00 bits per heavy atom. The van der Waals surface area contributed by atoms with Gasteiger partial charge in [0, 0.05) is 6.04 Å². The molecule has 0 radical (unpaired) electrons. The maximum Gasteiger partial charge on any atom is 0.00989 e. The number of fused-ring (bicyclic) bond motifs is 2. The van der Waals surface area contributed by atoms with Crippen LogP contribution in [0, 0.1) is 35.5 Å². The predicted octanol–water partition coefficient (Wildman–Crippen LogP) is 6.00. The Labute approximate surface area is 164 Å². The fraction of sp³-hybridized carbons (Fsp3) is 1.00. The van der Waals surface area contributed by atoms with Crippen LogP contribution in [-0.2, 0) is 0 Å². The molecule has 1 aliphatic carbocycles. The van der Waals surface area contributed by atoms with Crippen molar-refractivity contribution in [2.24, 2.45) is 41.2 Å². The summed E-state index contributed by atoms with van der Waals surface area (Å²) in [4.78, 5) is 0. The molecule has 6 unspecified atom stereocenters. The van der Waals surface area contributed by atoms with Crippen LogP contribution in [0.2, 0.25) is 0 Å². The minimum Gasteiger partial charge on any atom is -0.327 e. The highest BCUT2D eigenvalue weighted by Gasteiger charge is 2.43. The Bertz CT molecular complexity index is 365. The largest absolute Gasteiger partial charge is 0.327 e. The number of rotatable bonds is 7. The molecule has 2 aliphatic rings. The Balaban J connectivity index is 2.08. The van der Waals surface area contributed by atoms with Crippen LogP contribution in [0.5, 0.6) is 0 Å². The van der Waals surface area contributed by atoms with Crippen molar-refractivity contribution < 1.29 is 0 Å². The van der Waals surface area contributed by atoms with E-state index in [1.807, 2.05) is 0 Å². The maximum absolute atomic E-state index is 6.88. The van der Waals surface area contributed by atoms with Crippen molar-refractivity contribution >= 4 is 0 Å². The van der Waals surface area contributed by atoms with Gasteiger partial charge >= 0.3 is 0 Å². The van der Waals surface area contributed by atoms with Crippen molar-refractivity contribution in [2.75, 3.05) is 13.1 Å². The lowest BCUT2D eigenvalue weighted by Gasteiger charge is -2.32. The first kappa shape index (κ1) is 22.2. The lowest BCUT2D eigenvalue weighted by molar-refractivity contribution is 0.195. The van der Waals surface area contributed by atoms with Gasteiger partial charge in [-0.25, -0.2) is 0 Å². The number of nitrogens with two attached hydrogens (primary N) is 1. The van der Waals surface area contributed by atoms with E-state index >= 15 is 0 Å². The van der Waals surface area contributed by atoms with Gasteiger partial charge in [-0.15, -0.1) is 0 Å². The normalized spacial score (nSPS) is 35.1. The first-order valence-corrected chi connectivity index (χ1v) is 12.1. The van der Waals surface area contributed by atoms with Crippen LogP contribution in [0.25, 0.3) is 0 Å². The molecule has 1 heterocycles. The fourth-order valence-corrected chi connectivity index (χ4v) is 6.25. The van der Waals surface area contributed by atoms with Gasteiger partial charge in [0.05, 0.1) is 0 Å². The van der Waals surface area contributed by atoms with Crippen LogP contribution in [0.15, 0.2) is 0 Å². The van der Waals surface area contributed by atoms with Crippen LogP contribution < -0.4 is 11.1 Å². The van der Waals surface area contributed by atoms with E-state index in [0.29, 0.717) is 6.04 Å². The van der Waals surface area contributed by atoms with E-state index in [-0.39, 0.29) is 0 Å². The minimum atomic E-state index is 0.452. The molecule has 2 bridgehead atoms. The summed E-state index contributed by atoms with van der Waals surface area (Å²) < 4.78 is 0. The third-order valence-electron chi connectivity index (χ3n) is 8.13. The van der Waals surface area contributed by atoms with Gasteiger partial charge in [0.1, 0.15) is 0 Å². The molecule has 1 saturated heterocycles. The number of nitrogens with one attached hydrogen (secondary N) is 1. The van der Waals surface area contributed by atoms with Gasteiger partial charge in [-0.3, -0.25) is 0 Å². The molecule has 1 aliphatic heterocycles. The Kier molecular flexibility index (Phi) is 9.99. The Hall–Kier alpha value is -0.0800. The topological polar surface area (TPSA) is 38.0 Å². The van der Waals surface area contributed by atoms with Crippen LogP contribution in [0.1, 0.15) is 98.3 Å². The Morgan fingerprint density at radius 3 is 2.46 bits per heavy atom. The molecule has 3 N–H and O–H groups in total. The van der Waals surface area contributed by atoms with Gasteiger partial charge < -0.3 is 11.1 Å². The molecular formula is C24H48N2. The number of unbranched alkanes of at least 4 members (excludes halogenated alkanes) is 1. The smallest absolute Gasteiger partial charge is 0.00989 e. The van der Waals surface area contributed by atoms with Crippen molar-refractivity contribution in [3.63, 3.8) is 0 Å². The van der Waals surface area contributed by atoms with Crippen molar-refractivity contribution in [3.8, 4) is 0 Å². The van der Waals surface area contributed by atoms with Crippen LogP contribution in [0.3, 0.4) is 0 Å². The zero-order valence-corrected chi connectivity index (χ0v) is 18.3. The Morgan fingerprint density at radius 2 is 1.77 bits per heavy atom. The summed E-state index contributed by atoms with van der Waals surface area (Å²) in [5.41, 5.74) is 6.88. The first-order valence-electron chi connectivity index (χ1n) is 12.1. The SMILES string of the molecule is CCCCC(C)C1CCCNCCC2CC(C(CC)CC)C(CC1)C2N. The first-order chi connectivity index (χ1) is 12.6. The fourth-order valence-electron chi connectivity index (χ4n) is 6.25. The molecule has 0 spiro atoms. The molecule has 2 fully saturated rings. The highest BCUT2D eigenvalue weighted by Crippen LogP contribution is 2.46. The summed E-state index contributed by atoms with van der Waals surface area (Å²) in [6.07, 6.45) is 15.1. The zero-order chi connectivity index (χ0) is 18.9. The predicted molar refractivity (Wildman–Crippen MR) is 115 cm³/mol. The van der Waals surface area contributed by atoms with E-state index in [4.69, 9.17) is 5.73 Å². The molecule has 0 aromatic carbocycles. The number of hydrogen-bond acceptors (Lipinski definition) is 2. The molecule has 26 heavy (non-hydrogen) atoms. The molecule has 1 saturated carbocycles. The van der Waals surface area contributed by atoms with Gasteiger partial charge in [-0.2, -0.15) is 0 Å². The molecule has 6 atom stereocenters.